The standard InChI is InChI=1S/C14H18FNO3/c1-16(12-6-8-19-9-7-12)14(18)13(17)10-2-4-11(15)5-3-10/h2-5,12-13,17H,6-9H2,1H3/t13-/m1/s1. The normalized spacial score (nSPS) is 18.1. The fraction of sp³-hybridized carbons (Fsp3) is 0.500. The summed E-state index contributed by atoms with van der Waals surface area (Å²) in [7, 11) is 1.69. The van der Waals surface area contributed by atoms with Crippen molar-refractivity contribution < 1.29 is 19.0 Å². The molecule has 1 fully saturated rings. The van der Waals surface area contributed by atoms with E-state index < -0.39 is 6.10 Å². The summed E-state index contributed by atoms with van der Waals surface area (Å²) in [5.74, 6) is -0.750. The van der Waals surface area contributed by atoms with E-state index in [2.05, 4.69) is 0 Å². The molecule has 0 saturated carbocycles. The van der Waals surface area contributed by atoms with Gasteiger partial charge in [-0.2, -0.15) is 0 Å². The van der Waals surface area contributed by atoms with Crippen molar-refractivity contribution in [2.24, 2.45) is 0 Å². The van der Waals surface area contributed by atoms with Crippen LogP contribution in [0.4, 0.5) is 4.39 Å². The monoisotopic (exact) mass is 267 g/mol. The molecule has 1 atom stereocenters. The minimum atomic E-state index is -1.24. The van der Waals surface area contributed by atoms with E-state index in [0.29, 0.717) is 18.8 Å². The Hall–Kier alpha value is -1.46. The fourth-order valence-corrected chi connectivity index (χ4v) is 2.23. The molecule has 5 heteroatoms. The second kappa shape index (κ2) is 6.12. The van der Waals surface area contributed by atoms with Crippen molar-refractivity contribution in [1.29, 1.82) is 0 Å². The third-order valence-electron chi connectivity index (χ3n) is 3.51. The number of likely N-dealkylation sites (N-methyl/N-ethyl adjacent to an activating group) is 1. The number of ether oxygens (including phenoxy) is 1. The van der Waals surface area contributed by atoms with Crippen molar-refractivity contribution in [3.63, 3.8) is 0 Å². The van der Waals surface area contributed by atoms with Crippen molar-refractivity contribution in [2.45, 2.75) is 25.0 Å². The largest absolute Gasteiger partial charge is 0.381 e. The third-order valence-corrected chi connectivity index (χ3v) is 3.51. The van der Waals surface area contributed by atoms with Crippen LogP contribution in [-0.2, 0) is 9.53 Å². The summed E-state index contributed by atoms with van der Waals surface area (Å²) in [5.41, 5.74) is 0.408. The van der Waals surface area contributed by atoms with E-state index in [0.717, 1.165) is 12.8 Å². The van der Waals surface area contributed by atoms with E-state index in [9.17, 15) is 14.3 Å². The van der Waals surface area contributed by atoms with E-state index in [4.69, 9.17) is 4.74 Å². The molecule has 0 spiro atoms. The van der Waals surface area contributed by atoms with Crippen molar-refractivity contribution in [1.82, 2.24) is 4.90 Å². The number of carbonyl (C=O) groups is 1. The first kappa shape index (κ1) is 14.0. The van der Waals surface area contributed by atoms with Gasteiger partial charge >= 0.3 is 0 Å². The summed E-state index contributed by atoms with van der Waals surface area (Å²) in [4.78, 5) is 13.7. The fourth-order valence-electron chi connectivity index (χ4n) is 2.23. The quantitative estimate of drug-likeness (QED) is 0.903. The maximum absolute atomic E-state index is 12.8. The Labute approximate surface area is 111 Å². The third kappa shape index (κ3) is 3.30. The maximum Gasteiger partial charge on any atom is 0.256 e. The molecule has 1 aromatic rings. The number of carbonyl (C=O) groups excluding carboxylic acids is 1. The van der Waals surface area contributed by atoms with Gasteiger partial charge in [-0.15, -0.1) is 0 Å². The number of nitrogens with zero attached hydrogens (tertiary/aromatic N) is 1. The van der Waals surface area contributed by atoms with Crippen LogP contribution < -0.4 is 0 Å². The summed E-state index contributed by atoms with van der Waals surface area (Å²) in [6, 6.07) is 5.42. The van der Waals surface area contributed by atoms with E-state index in [-0.39, 0.29) is 17.8 Å². The topological polar surface area (TPSA) is 49.8 Å². The Kier molecular flexibility index (Phi) is 4.50. The minimum absolute atomic E-state index is 0.0938. The number of hydrogen-bond donors (Lipinski definition) is 1. The summed E-state index contributed by atoms with van der Waals surface area (Å²) < 4.78 is 18.1. The highest BCUT2D eigenvalue weighted by Crippen LogP contribution is 2.20. The van der Waals surface area contributed by atoms with Crippen molar-refractivity contribution >= 4 is 5.91 Å². The van der Waals surface area contributed by atoms with E-state index in [1.165, 1.54) is 24.3 Å². The van der Waals surface area contributed by atoms with Crippen LogP contribution in [0.1, 0.15) is 24.5 Å². The molecule has 0 radical (unpaired) electrons. The number of halogens is 1. The molecule has 1 N–H and O–H groups in total. The number of aliphatic hydroxyl groups excluding tert-OH is 1. The highest BCUT2D eigenvalue weighted by molar-refractivity contribution is 5.82. The molecular weight excluding hydrogens is 249 g/mol. The van der Waals surface area contributed by atoms with Crippen LogP contribution in [0.3, 0.4) is 0 Å². The number of benzene rings is 1. The molecular formula is C14H18FNO3. The first-order valence-corrected chi connectivity index (χ1v) is 6.37. The average Bonchev–Trinajstić information content (AvgIpc) is 2.46. The van der Waals surface area contributed by atoms with Gasteiger partial charge in [0.25, 0.3) is 5.91 Å². The molecule has 0 aliphatic carbocycles. The molecule has 1 saturated heterocycles. The van der Waals surface area contributed by atoms with Gasteiger partial charge in [-0.3, -0.25) is 4.79 Å². The van der Waals surface area contributed by atoms with Gasteiger partial charge in [0, 0.05) is 26.3 Å². The van der Waals surface area contributed by atoms with Crippen molar-refractivity contribution in [2.75, 3.05) is 20.3 Å². The zero-order valence-electron chi connectivity index (χ0n) is 10.9. The lowest BCUT2D eigenvalue weighted by Crippen LogP contribution is -2.42. The lowest BCUT2D eigenvalue weighted by molar-refractivity contribution is -0.143. The van der Waals surface area contributed by atoms with Gasteiger partial charge in [0.05, 0.1) is 0 Å². The van der Waals surface area contributed by atoms with E-state index >= 15 is 0 Å². The molecule has 1 aliphatic heterocycles. The van der Waals surface area contributed by atoms with Gasteiger partial charge in [0.2, 0.25) is 0 Å². The molecule has 0 bridgehead atoms. The molecule has 4 nitrogen and oxygen atoms in total. The first-order chi connectivity index (χ1) is 9.09. The van der Waals surface area contributed by atoms with Crippen LogP contribution in [0.5, 0.6) is 0 Å². The highest BCUT2D eigenvalue weighted by Gasteiger charge is 2.27. The number of hydrogen-bond acceptors (Lipinski definition) is 3. The molecule has 104 valence electrons. The van der Waals surface area contributed by atoms with Crippen molar-refractivity contribution in [3.8, 4) is 0 Å². The van der Waals surface area contributed by atoms with Crippen LogP contribution in [0.15, 0.2) is 24.3 Å². The van der Waals surface area contributed by atoms with Gasteiger partial charge in [0.15, 0.2) is 6.10 Å². The molecule has 1 heterocycles. The second-order valence-electron chi connectivity index (χ2n) is 4.75. The summed E-state index contributed by atoms with van der Waals surface area (Å²) in [6.07, 6.45) is 0.310. The predicted molar refractivity (Wildman–Crippen MR) is 68.0 cm³/mol. The smallest absolute Gasteiger partial charge is 0.256 e. The highest BCUT2D eigenvalue weighted by atomic mass is 19.1. The van der Waals surface area contributed by atoms with Crippen LogP contribution in [-0.4, -0.2) is 42.2 Å². The van der Waals surface area contributed by atoms with Crippen LogP contribution >= 0.6 is 0 Å². The Morgan fingerprint density at radius 3 is 2.53 bits per heavy atom. The number of rotatable bonds is 3. The average molecular weight is 267 g/mol. The Morgan fingerprint density at radius 1 is 1.37 bits per heavy atom. The van der Waals surface area contributed by atoms with Gasteiger partial charge in [0.1, 0.15) is 5.82 Å². The van der Waals surface area contributed by atoms with Gasteiger partial charge in [-0.05, 0) is 30.5 Å². The zero-order valence-corrected chi connectivity index (χ0v) is 10.9. The molecule has 1 aliphatic rings. The summed E-state index contributed by atoms with van der Waals surface area (Å²) in [5, 5.41) is 10.0. The molecule has 0 unspecified atom stereocenters. The van der Waals surface area contributed by atoms with Gasteiger partial charge in [-0.1, -0.05) is 12.1 Å². The Bertz CT molecular complexity index is 429. The summed E-state index contributed by atoms with van der Waals surface area (Å²) in [6.45, 7) is 1.27. The number of amides is 1. The maximum atomic E-state index is 12.8. The minimum Gasteiger partial charge on any atom is -0.381 e. The summed E-state index contributed by atoms with van der Waals surface area (Å²) >= 11 is 0. The van der Waals surface area contributed by atoms with Crippen LogP contribution in [0.2, 0.25) is 0 Å². The van der Waals surface area contributed by atoms with Crippen molar-refractivity contribution in [3.05, 3.63) is 35.6 Å². The zero-order chi connectivity index (χ0) is 13.8. The molecule has 0 aromatic heterocycles. The molecule has 1 aromatic carbocycles. The molecule has 19 heavy (non-hydrogen) atoms. The van der Waals surface area contributed by atoms with Crippen LogP contribution in [0, 0.1) is 5.82 Å². The van der Waals surface area contributed by atoms with Gasteiger partial charge < -0.3 is 14.7 Å². The van der Waals surface area contributed by atoms with E-state index in [1.807, 2.05) is 0 Å². The van der Waals surface area contributed by atoms with Gasteiger partial charge in [-0.25, -0.2) is 4.39 Å². The lowest BCUT2D eigenvalue weighted by atomic mass is 10.0. The Balaban J connectivity index is 2.03. The SMILES string of the molecule is CN(C(=O)[C@H](O)c1ccc(F)cc1)C1CCOCC1. The number of aliphatic hydroxyl groups is 1. The predicted octanol–water partition coefficient (Wildman–Crippen LogP) is 1.50. The Morgan fingerprint density at radius 2 is 1.95 bits per heavy atom. The van der Waals surface area contributed by atoms with Crippen LogP contribution in [0.25, 0.3) is 0 Å². The van der Waals surface area contributed by atoms with E-state index in [1.54, 1.807) is 11.9 Å². The molecule has 1 amide bonds. The second-order valence-corrected chi connectivity index (χ2v) is 4.75. The first-order valence-electron chi connectivity index (χ1n) is 6.37. The molecule has 2 rings (SSSR count). The lowest BCUT2D eigenvalue weighted by Gasteiger charge is -2.32.